The zero-order valence-electron chi connectivity index (χ0n) is 9.57. The summed E-state index contributed by atoms with van der Waals surface area (Å²) in [5.74, 6) is -1.45. The summed E-state index contributed by atoms with van der Waals surface area (Å²) in [5.41, 5.74) is 0.172. The van der Waals surface area contributed by atoms with Crippen molar-refractivity contribution in [1.82, 2.24) is 5.32 Å². The first-order valence-electron chi connectivity index (χ1n) is 5.63. The van der Waals surface area contributed by atoms with Gasteiger partial charge in [0.25, 0.3) is 0 Å². The van der Waals surface area contributed by atoms with E-state index in [4.69, 9.17) is 16.7 Å². The second-order valence-electron chi connectivity index (χ2n) is 4.15. The lowest BCUT2D eigenvalue weighted by molar-refractivity contribution is -0.119. The highest BCUT2D eigenvalue weighted by atomic mass is 35.5. The summed E-state index contributed by atoms with van der Waals surface area (Å²) in [6, 6.07) is 4.63. The van der Waals surface area contributed by atoms with Crippen LogP contribution in [0.5, 0.6) is 0 Å². The minimum Gasteiger partial charge on any atom is -0.478 e. The fraction of sp³-hybridized carbons (Fsp3) is 0.333. The number of hydrogen-bond acceptors (Lipinski definition) is 3. The Morgan fingerprint density at radius 2 is 2.22 bits per heavy atom. The molecule has 0 spiro atoms. The molecule has 1 aliphatic heterocycles. The number of aromatic carboxylic acids is 1. The third kappa shape index (κ3) is 2.63. The van der Waals surface area contributed by atoms with Gasteiger partial charge in [0.05, 0.1) is 16.6 Å². The van der Waals surface area contributed by atoms with Gasteiger partial charge in [-0.05, 0) is 25.1 Å². The maximum absolute atomic E-state index is 11.9. The Morgan fingerprint density at radius 1 is 1.44 bits per heavy atom. The minimum atomic E-state index is -1.15. The molecule has 0 aromatic heterocycles. The highest BCUT2D eigenvalue weighted by Crippen LogP contribution is 2.25. The predicted octanol–water partition coefficient (Wildman–Crippen LogP) is 1.59. The van der Waals surface area contributed by atoms with E-state index in [1.165, 1.54) is 12.1 Å². The molecule has 1 unspecified atom stereocenters. The van der Waals surface area contributed by atoms with Gasteiger partial charge in [-0.3, -0.25) is 4.79 Å². The third-order valence-corrected chi connectivity index (χ3v) is 3.23. The van der Waals surface area contributed by atoms with Gasteiger partial charge in [-0.2, -0.15) is 0 Å². The van der Waals surface area contributed by atoms with E-state index in [0.717, 1.165) is 13.0 Å². The smallest absolute Gasteiger partial charge is 0.339 e. The standard InChI is InChI=1S/C12H13ClN2O3/c13-8-2-1-3-9(10(8)12(17)18)15-11(16)7-4-5-14-6-7/h1-3,7,14H,4-6H2,(H,15,16)(H,17,18). The van der Waals surface area contributed by atoms with E-state index in [9.17, 15) is 9.59 Å². The largest absolute Gasteiger partial charge is 0.478 e. The number of carboxylic acid groups (broad SMARTS) is 1. The molecule has 96 valence electrons. The lowest BCUT2D eigenvalue weighted by Crippen LogP contribution is -2.25. The fourth-order valence-electron chi connectivity index (χ4n) is 1.96. The highest BCUT2D eigenvalue weighted by Gasteiger charge is 2.24. The van der Waals surface area contributed by atoms with Gasteiger partial charge in [-0.1, -0.05) is 17.7 Å². The normalized spacial score (nSPS) is 18.6. The Balaban J connectivity index is 2.20. The molecule has 0 saturated carbocycles. The van der Waals surface area contributed by atoms with Crippen LogP contribution < -0.4 is 10.6 Å². The molecule has 0 bridgehead atoms. The first-order chi connectivity index (χ1) is 8.59. The van der Waals surface area contributed by atoms with Gasteiger partial charge in [-0.15, -0.1) is 0 Å². The summed E-state index contributed by atoms with van der Waals surface area (Å²) in [5, 5.41) is 14.9. The summed E-state index contributed by atoms with van der Waals surface area (Å²) in [6.45, 7) is 1.42. The van der Waals surface area contributed by atoms with Gasteiger partial charge < -0.3 is 15.7 Å². The van der Waals surface area contributed by atoms with Gasteiger partial charge in [-0.25, -0.2) is 4.79 Å². The summed E-state index contributed by atoms with van der Waals surface area (Å²) < 4.78 is 0. The molecule has 1 heterocycles. The van der Waals surface area contributed by atoms with Gasteiger partial charge in [0.2, 0.25) is 5.91 Å². The molecule has 3 N–H and O–H groups in total. The van der Waals surface area contributed by atoms with Crippen molar-refractivity contribution in [3.8, 4) is 0 Å². The van der Waals surface area contributed by atoms with Crippen LogP contribution >= 0.6 is 11.6 Å². The van der Waals surface area contributed by atoms with Crippen molar-refractivity contribution >= 4 is 29.2 Å². The number of anilines is 1. The lowest BCUT2D eigenvalue weighted by Gasteiger charge is -2.12. The van der Waals surface area contributed by atoms with E-state index in [1.54, 1.807) is 6.07 Å². The molecular weight excluding hydrogens is 256 g/mol. The Morgan fingerprint density at radius 3 is 2.83 bits per heavy atom. The lowest BCUT2D eigenvalue weighted by atomic mass is 10.1. The van der Waals surface area contributed by atoms with Crippen molar-refractivity contribution in [3.05, 3.63) is 28.8 Å². The molecule has 1 saturated heterocycles. The third-order valence-electron chi connectivity index (χ3n) is 2.92. The highest BCUT2D eigenvalue weighted by molar-refractivity contribution is 6.34. The molecule has 1 aromatic carbocycles. The van der Waals surface area contributed by atoms with Crippen LogP contribution in [0.4, 0.5) is 5.69 Å². The number of benzene rings is 1. The quantitative estimate of drug-likeness (QED) is 0.778. The second kappa shape index (κ2) is 5.37. The number of carboxylic acids is 1. The second-order valence-corrected chi connectivity index (χ2v) is 4.55. The summed E-state index contributed by atoms with van der Waals surface area (Å²) in [6.07, 6.45) is 0.759. The first-order valence-corrected chi connectivity index (χ1v) is 6.01. The molecule has 6 heteroatoms. The Kier molecular flexibility index (Phi) is 3.84. The molecule has 0 radical (unpaired) electrons. The Labute approximate surface area is 109 Å². The molecule has 1 fully saturated rings. The van der Waals surface area contributed by atoms with Crippen LogP contribution in [0.3, 0.4) is 0 Å². The number of carbonyl (C=O) groups is 2. The van der Waals surface area contributed by atoms with E-state index in [1.807, 2.05) is 0 Å². The molecule has 5 nitrogen and oxygen atoms in total. The predicted molar refractivity (Wildman–Crippen MR) is 68.0 cm³/mol. The zero-order valence-corrected chi connectivity index (χ0v) is 10.3. The van der Waals surface area contributed by atoms with Crippen molar-refractivity contribution < 1.29 is 14.7 Å². The maximum Gasteiger partial charge on any atom is 0.339 e. The van der Waals surface area contributed by atoms with Gasteiger partial charge in [0.15, 0.2) is 0 Å². The molecule has 18 heavy (non-hydrogen) atoms. The monoisotopic (exact) mass is 268 g/mol. The van der Waals surface area contributed by atoms with E-state index < -0.39 is 5.97 Å². The van der Waals surface area contributed by atoms with Crippen LogP contribution in [-0.2, 0) is 4.79 Å². The van der Waals surface area contributed by atoms with E-state index in [-0.39, 0.29) is 28.1 Å². The number of rotatable bonds is 3. The Hall–Kier alpha value is -1.59. The average Bonchev–Trinajstić information content (AvgIpc) is 2.81. The van der Waals surface area contributed by atoms with Crippen molar-refractivity contribution in [1.29, 1.82) is 0 Å². The maximum atomic E-state index is 11.9. The fourth-order valence-corrected chi connectivity index (χ4v) is 2.21. The van der Waals surface area contributed by atoms with E-state index >= 15 is 0 Å². The van der Waals surface area contributed by atoms with Gasteiger partial charge in [0.1, 0.15) is 5.56 Å². The number of halogens is 1. The number of hydrogen-bond donors (Lipinski definition) is 3. The Bertz CT molecular complexity index is 484. The molecule has 1 amide bonds. The minimum absolute atomic E-state index is 0.0709. The molecule has 1 atom stereocenters. The van der Waals surface area contributed by atoms with E-state index in [0.29, 0.717) is 6.54 Å². The summed E-state index contributed by atoms with van der Waals surface area (Å²) in [7, 11) is 0. The van der Waals surface area contributed by atoms with Crippen molar-refractivity contribution in [2.45, 2.75) is 6.42 Å². The van der Waals surface area contributed by atoms with Crippen LogP contribution in [0, 0.1) is 5.92 Å². The first kappa shape index (κ1) is 12.9. The van der Waals surface area contributed by atoms with Crippen LogP contribution in [0.2, 0.25) is 5.02 Å². The SMILES string of the molecule is O=C(O)c1c(Cl)cccc1NC(=O)C1CCNC1. The van der Waals surface area contributed by atoms with Gasteiger partial charge >= 0.3 is 5.97 Å². The summed E-state index contributed by atoms with van der Waals surface area (Å²) in [4.78, 5) is 23.0. The average molecular weight is 269 g/mol. The molecular formula is C12H13ClN2O3. The van der Waals surface area contributed by atoms with Crippen LogP contribution in [-0.4, -0.2) is 30.1 Å². The summed E-state index contributed by atoms with van der Waals surface area (Å²) >= 11 is 5.82. The van der Waals surface area contributed by atoms with Crippen LogP contribution in [0.25, 0.3) is 0 Å². The van der Waals surface area contributed by atoms with E-state index in [2.05, 4.69) is 10.6 Å². The van der Waals surface area contributed by atoms with Gasteiger partial charge in [0, 0.05) is 6.54 Å². The number of amides is 1. The zero-order chi connectivity index (χ0) is 13.1. The number of carbonyl (C=O) groups excluding carboxylic acids is 1. The molecule has 0 aliphatic carbocycles. The topological polar surface area (TPSA) is 78.4 Å². The van der Waals surface area contributed by atoms with Crippen molar-refractivity contribution in [3.63, 3.8) is 0 Å². The number of nitrogens with one attached hydrogen (secondary N) is 2. The molecule has 1 aromatic rings. The van der Waals surface area contributed by atoms with Crippen LogP contribution in [0.1, 0.15) is 16.8 Å². The molecule has 2 rings (SSSR count). The van der Waals surface area contributed by atoms with Crippen molar-refractivity contribution in [2.24, 2.45) is 5.92 Å². The van der Waals surface area contributed by atoms with Crippen molar-refractivity contribution in [2.75, 3.05) is 18.4 Å². The molecule has 1 aliphatic rings. The van der Waals surface area contributed by atoms with Crippen LogP contribution in [0.15, 0.2) is 18.2 Å².